The summed E-state index contributed by atoms with van der Waals surface area (Å²) in [5.41, 5.74) is 1.16. The quantitative estimate of drug-likeness (QED) is 0.291. The van der Waals surface area contributed by atoms with Gasteiger partial charge in [-0.25, -0.2) is 0 Å². The molecule has 24 heavy (non-hydrogen) atoms. The average molecular weight is 366 g/mol. The molecule has 1 rings (SSSR count). The first-order valence-corrected chi connectivity index (χ1v) is 7.09. The van der Waals surface area contributed by atoms with Crippen molar-refractivity contribution in [3.63, 3.8) is 0 Å². The molecule has 0 aliphatic rings. The second-order valence-electron chi connectivity index (χ2n) is 4.37. The maximum absolute atomic E-state index is 12.1. The first kappa shape index (κ1) is 30.3. The number of hydrogen-bond acceptors (Lipinski definition) is 1. The third-order valence-corrected chi connectivity index (χ3v) is 3.08. The van der Waals surface area contributed by atoms with Crippen LogP contribution in [-0.2, 0) is 36.1 Å². The van der Waals surface area contributed by atoms with E-state index in [0.717, 1.165) is 31.2 Å². The Hall–Kier alpha value is -1.62. The number of hydrogen-bond donors (Lipinski definition) is 0. The molecule has 0 bridgehead atoms. The predicted molar refractivity (Wildman–Crippen MR) is 84.9 cm³/mol. The Kier molecular flexibility index (Phi) is 33.2. The second-order valence-corrected chi connectivity index (χ2v) is 4.37. The Bertz CT molecular complexity index is 449. The third-order valence-electron chi connectivity index (χ3n) is 3.08. The van der Waals surface area contributed by atoms with Crippen LogP contribution in [0.1, 0.15) is 50.5 Å². The summed E-state index contributed by atoms with van der Waals surface area (Å²) in [4.78, 5) is 12.1. The summed E-state index contributed by atoms with van der Waals surface area (Å²) in [7, 11) is 0. The molecule has 1 atom stereocenters. The first-order valence-electron chi connectivity index (χ1n) is 7.09. The largest absolute Gasteiger partial charge is 6.00 e. The van der Waals surface area contributed by atoms with Crippen LogP contribution in [-0.4, -0.2) is 5.78 Å². The Morgan fingerprint density at radius 3 is 2.00 bits per heavy atom. The zero-order chi connectivity index (χ0) is 18.5. The van der Waals surface area contributed by atoms with Crippen LogP contribution in [0.3, 0.4) is 0 Å². The summed E-state index contributed by atoms with van der Waals surface area (Å²) in [6.07, 6.45) is 6.56. The van der Waals surface area contributed by atoms with Crippen LogP contribution in [0.2, 0.25) is 0 Å². The van der Waals surface area contributed by atoms with Gasteiger partial charge in [-0.05, 0) is 31.2 Å². The van der Waals surface area contributed by atoms with Gasteiger partial charge in [0.15, 0.2) is 0 Å². The summed E-state index contributed by atoms with van der Waals surface area (Å²) < 4.78 is 22.5. The van der Waals surface area contributed by atoms with Gasteiger partial charge in [-0.2, -0.15) is 0 Å². The number of carbonyl (C=O) groups is 1. The van der Waals surface area contributed by atoms with Crippen molar-refractivity contribution in [1.29, 1.82) is 0 Å². The van der Waals surface area contributed by atoms with Crippen LogP contribution in [0.4, 0.5) is 0 Å². The van der Waals surface area contributed by atoms with Crippen molar-refractivity contribution in [1.82, 2.24) is 0 Å². The van der Waals surface area contributed by atoms with E-state index in [1.54, 1.807) is 0 Å². The van der Waals surface area contributed by atoms with Crippen molar-refractivity contribution >= 4 is 5.78 Å². The molecule has 1 unspecified atom stereocenters. The summed E-state index contributed by atoms with van der Waals surface area (Å²) in [5, 5.41) is 0. The van der Waals surface area contributed by atoms with Gasteiger partial charge in [-0.15, -0.1) is 6.58 Å². The molecule has 0 heterocycles. The zero-order valence-corrected chi connectivity index (χ0v) is 15.1. The van der Waals surface area contributed by atoms with Gasteiger partial charge in [0.1, 0.15) is 5.78 Å². The number of carbonyl (C=O) groups excluding carboxylic acids is 1. The SMILES string of the molecule is C=CCCCCC(=O)C(CC)c1ccccc1.[C-]#[O+].[C-]#[O+].[C-]#[O+].[Cr+6]. The van der Waals surface area contributed by atoms with E-state index in [-0.39, 0.29) is 23.3 Å². The van der Waals surface area contributed by atoms with Crippen LogP contribution in [0.5, 0.6) is 0 Å². The monoisotopic (exact) mass is 366 g/mol. The molecule has 5 heteroatoms. The molecule has 0 aliphatic carbocycles. The summed E-state index contributed by atoms with van der Waals surface area (Å²) >= 11 is 0. The van der Waals surface area contributed by atoms with Crippen molar-refractivity contribution in [3.05, 3.63) is 68.5 Å². The van der Waals surface area contributed by atoms with E-state index in [9.17, 15) is 4.79 Å². The molecule has 0 aliphatic heterocycles. The van der Waals surface area contributed by atoms with Gasteiger partial charge in [0.2, 0.25) is 0 Å². The molecular weight excluding hydrogens is 344 g/mol. The van der Waals surface area contributed by atoms with Crippen LogP contribution in [0.15, 0.2) is 43.0 Å². The fraction of sp³-hybridized carbons (Fsp3) is 0.368. The standard InChI is InChI=1S/C16H22O.3CO.Cr/c1-3-5-6-10-13-16(17)15(4-2)14-11-8-7-9-12-14;3*1-2;/h3,7-9,11-12,15H,1,4-6,10,13H2,2H3;;;;/q;;;;+6. The molecule has 0 aromatic heterocycles. The predicted octanol–water partition coefficient (Wildman–Crippen LogP) is 4.38. The van der Waals surface area contributed by atoms with Gasteiger partial charge >= 0.3 is 51.3 Å². The fourth-order valence-electron chi connectivity index (χ4n) is 2.10. The molecule has 4 nitrogen and oxygen atoms in total. The summed E-state index contributed by atoms with van der Waals surface area (Å²) in [6, 6.07) is 10.1. The van der Waals surface area contributed by atoms with Crippen LogP contribution >= 0.6 is 0 Å². The molecule has 122 valence electrons. The molecule has 0 saturated carbocycles. The third kappa shape index (κ3) is 15.3. The van der Waals surface area contributed by atoms with E-state index in [4.69, 9.17) is 14.0 Å². The minimum Gasteiger partial charge on any atom is 6.00 e. The maximum Gasteiger partial charge on any atom is 6.00 e. The minimum absolute atomic E-state index is 0. The van der Waals surface area contributed by atoms with Crippen molar-refractivity contribution < 1.29 is 36.1 Å². The van der Waals surface area contributed by atoms with Gasteiger partial charge in [0.05, 0.1) is 0 Å². The van der Waals surface area contributed by atoms with E-state index in [0.29, 0.717) is 12.2 Å². The normalized spacial score (nSPS) is 8.79. The van der Waals surface area contributed by atoms with E-state index in [1.807, 2.05) is 24.3 Å². The zero-order valence-electron chi connectivity index (χ0n) is 13.8. The molecule has 0 amide bonds. The summed E-state index contributed by atoms with van der Waals surface area (Å²) in [6.45, 7) is 19.3. The Balaban J connectivity index is -0.000000256. The number of benzene rings is 1. The Morgan fingerprint density at radius 2 is 1.58 bits per heavy atom. The first-order chi connectivity index (χ1) is 11.3. The number of allylic oxidation sites excluding steroid dienone is 1. The molecule has 0 saturated heterocycles. The van der Waals surface area contributed by atoms with E-state index >= 15 is 0 Å². The molecular formula is C19H22CrO4+6. The number of rotatable bonds is 8. The number of ketones is 1. The van der Waals surface area contributed by atoms with E-state index < -0.39 is 0 Å². The van der Waals surface area contributed by atoms with Gasteiger partial charge < -0.3 is 0 Å². The topological polar surface area (TPSA) is 76.8 Å². The van der Waals surface area contributed by atoms with Gasteiger partial charge in [-0.1, -0.05) is 43.3 Å². The van der Waals surface area contributed by atoms with Crippen LogP contribution < -0.4 is 0 Å². The van der Waals surface area contributed by atoms with Crippen molar-refractivity contribution in [2.75, 3.05) is 0 Å². The fourth-order valence-corrected chi connectivity index (χ4v) is 2.10. The Labute approximate surface area is 155 Å². The number of unbranched alkanes of at least 4 members (excludes halogenated alkanes) is 2. The van der Waals surface area contributed by atoms with Gasteiger partial charge in [0, 0.05) is 12.3 Å². The minimum atomic E-state index is 0. The molecule has 0 N–H and O–H groups in total. The molecule has 0 fully saturated rings. The van der Waals surface area contributed by atoms with Gasteiger partial charge in [0.25, 0.3) is 0 Å². The second kappa shape index (κ2) is 26.3. The number of Topliss-reactive ketones (excluding diaryl/α,β-unsaturated/α-hetero) is 1. The maximum atomic E-state index is 12.1. The van der Waals surface area contributed by atoms with E-state index in [1.165, 1.54) is 0 Å². The van der Waals surface area contributed by atoms with E-state index in [2.05, 4.69) is 45.6 Å². The molecule has 1 aromatic rings. The van der Waals surface area contributed by atoms with Gasteiger partial charge in [-0.3, -0.25) is 4.79 Å². The van der Waals surface area contributed by atoms with Crippen molar-refractivity contribution in [2.24, 2.45) is 0 Å². The average Bonchev–Trinajstić information content (AvgIpc) is 2.65. The summed E-state index contributed by atoms with van der Waals surface area (Å²) in [5.74, 6) is 0.461. The molecule has 1 aromatic carbocycles. The smallest absolute Gasteiger partial charge is 6.00 e. The Morgan fingerprint density at radius 1 is 1.08 bits per heavy atom. The molecule has 0 radical (unpaired) electrons. The van der Waals surface area contributed by atoms with Crippen molar-refractivity contribution in [3.8, 4) is 0 Å². The van der Waals surface area contributed by atoms with Crippen LogP contribution in [0.25, 0.3) is 0 Å². The van der Waals surface area contributed by atoms with Crippen molar-refractivity contribution in [2.45, 2.75) is 44.9 Å². The van der Waals surface area contributed by atoms with Crippen LogP contribution in [0, 0.1) is 20.0 Å². The molecule has 0 spiro atoms.